The molecule has 140 valence electrons. The SMILES string of the molecule is CCCc1nnc(NC(=O)/C=C/c2ccccc2OCc2csc(C)n2)s1. The Kier molecular flexibility index (Phi) is 6.67. The Morgan fingerprint density at radius 1 is 1.30 bits per heavy atom. The molecule has 27 heavy (non-hydrogen) atoms. The summed E-state index contributed by atoms with van der Waals surface area (Å²) < 4.78 is 5.86. The first-order valence-electron chi connectivity index (χ1n) is 8.58. The highest BCUT2D eigenvalue weighted by Gasteiger charge is 2.07. The summed E-state index contributed by atoms with van der Waals surface area (Å²) in [6.07, 6.45) is 5.06. The quantitative estimate of drug-likeness (QED) is 0.564. The number of rotatable bonds is 8. The maximum Gasteiger partial charge on any atom is 0.250 e. The minimum atomic E-state index is -0.251. The van der Waals surface area contributed by atoms with Gasteiger partial charge in [0.15, 0.2) is 0 Å². The zero-order chi connectivity index (χ0) is 19.1. The molecular formula is C19H20N4O2S2. The molecule has 0 fully saturated rings. The van der Waals surface area contributed by atoms with Crippen molar-refractivity contribution in [3.8, 4) is 5.75 Å². The van der Waals surface area contributed by atoms with Crippen LogP contribution >= 0.6 is 22.7 Å². The molecule has 0 spiro atoms. The number of para-hydroxylation sites is 1. The number of nitrogens with one attached hydrogen (secondary N) is 1. The number of aryl methyl sites for hydroxylation is 2. The number of nitrogens with zero attached hydrogens (tertiary/aromatic N) is 3. The van der Waals surface area contributed by atoms with Crippen LogP contribution in [0.2, 0.25) is 0 Å². The van der Waals surface area contributed by atoms with Gasteiger partial charge in [-0.25, -0.2) is 4.98 Å². The zero-order valence-electron chi connectivity index (χ0n) is 15.1. The van der Waals surface area contributed by atoms with E-state index in [-0.39, 0.29) is 5.91 Å². The molecule has 3 rings (SSSR count). The van der Waals surface area contributed by atoms with Gasteiger partial charge < -0.3 is 4.74 Å². The zero-order valence-corrected chi connectivity index (χ0v) is 16.8. The summed E-state index contributed by atoms with van der Waals surface area (Å²) in [6, 6.07) is 7.57. The summed E-state index contributed by atoms with van der Waals surface area (Å²) in [5, 5.41) is 15.2. The first kappa shape index (κ1) is 19.2. The standard InChI is InChI=1S/C19H20N4O2S2/c1-3-6-18-22-23-19(27-18)21-17(24)10-9-14-7-4-5-8-16(14)25-11-15-12-26-13(2)20-15/h4-5,7-10,12H,3,6,11H2,1-2H3,(H,21,23,24)/b10-9+. The average molecular weight is 401 g/mol. The van der Waals surface area contributed by atoms with Gasteiger partial charge >= 0.3 is 0 Å². The fourth-order valence-electron chi connectivity index (χ4n) is 2.31. The minimum Gasteiger partial charge on any atom is -0.487 e. The summed E-state index contributed by atoms with van der Waals surface area (Å²) in [4.78, 5) is 16.5. The number of benzene rings is 1. The van der Waals surface area contributed by atoms with Gasteiger partial charge in [-0.2, -0.15) is 0 Å². The predicted molar refractivity (Wildman–Crippen MR) is 109 cm³/mol. The highest BCUT2D eigenvalue weighted by Crippen LogP contribution is 2.22. The lowest BCUT2D eigenvalue weighted by Gasteiger charge is -2.07. The van der Waals surface area contributed by atoms with E-state index in [2.05, 4.69) is 27.4 Å². The van der Waals surface area contributed by atoms with E-state index < -0.39 is 0 Å². The Balaban J connectivity index is 1.61. The molecule has 0 unspecified atom stereocenters. The second kappa shape index (κ2) is 9.38. The topological polar surface area (TPSA) is 77.0 Å². The Morgan fingerprint density at radius 2 is 2.15 bits per heavy atom. The molecule has 0 radical (unpaired) electrons. The van der Waals surface area contributed by atoms with E-state index in [4.69, 9.17) is 4.74 Å². The van der Waals surface area contributed by atoms with Gasteiger partial charge in [0, 0.05) is 23.4 Å². The molecule has 1 aromatic carbocycles. The van der Waals surface area contributed by atoms with Crippen LogP contribution in [0.1, 0.15) is 34.6 Å². The Bertz CT molecular complexity index is 933. The van der Waals surface area contributed by atoms with Crippen molar-refractivity contribution in [1.82, 2.24) is 15.2 Å². The van der Waals surface area contributed by atoms with Crippen LogP contribution in [0.25, 0.3) is 6.08 Å². The first-order valence-corrected chi connectivity index (χ1v) is 10.3. The predicted octanol–water partition coefficient (Wildman–Crippen LogP) is 4.49. The maximum atomic E-state index is 12.1. The van der Waals surface area contributed by atoms with Gasteiger partial charge in [-0.3, -0.25) is 10.1 Å². The average Bonchev–Trinajstić information content (AvgIpc) is 3.28. The van der Waals surface area contributed by atoms with Gasteiger partial charge in [0.05, 0.1) is 10.7 Å². The largest absolute Gasteiger partial charge is 0.487 e. The van der Waals surface area contributed by atoms with E-state index >= 15 is 0 Å². The Morgan fingerprint density at radius 3 is 2.93 bits per heavy atom. The molecular weight excluding hydrogens is 380 g/mol. The van der Waals surface area contributed by atoms with Crippen molar-refractivity contribution < 1.29 is 9.53 Å². The number of carbonyl (C=O) groups is 1. The molecule has 8 heteroatoms. The summed E-state index contributed by atoms with van der Waals surface area (Å²) in [5.41, 5.74) is 1.72. The van der Waals surface area contributed by atoms with Crippen LogP contribution in [-0.2, 0) is 17.8 Å². The summed E-state index contributed by atoms with van der Waals surface area (Å²) in [7, 11) is 0. The summed E-state index contributed by atoms with van der Waals surface area (Å²) in [6.45, 7) is 4.44. The molecule has 0 aliphatic heterocycles. The molecule has 0 aliphatic carbocycles. The lowest BCUT2D eigenvalue weighted by atomic mass is 10.2. The molecule has 1 N–H and O–H groups in total. The van der Waals surface area contributed by atoms with Crippen molar-refractivity contribution in [2.75, 3.05) is 5.32 Å². The number of amides is 1. The van der Waals surface area contributed by atoms with Gasteiger partial charge in [0.25, 0.3) is 0 Å². The third kappa shape index (κ3) is 5.70. The molecule has 0 bridgehead atoms. The lowest BCUT2D eigenvalue weighted by molar-refractivity contribution is -0.111. The van der Waals surface area contributed by atoms with Gasteiger partial charge in [-0.1, -0.05) is 36.5 Å². The van der Waals surface area contributed by atoms with E-state index in [1.807, 2.05) is 36.6 Å². The van der Waals surface area contributed by atoms with E-state index in [0.29, 0.717) is 17.5 Å². The van der Waals surface area contributed by atoms with Crippen LogP contribution < -0.4 is 10.1 Å². The van der Waals surface area contributed by atoms with Gasteiger partial charge in [0.2, 0.25) is 11.0 Å². The van der Waals surface area contributed by atoms with Crippen molar-refractivity contribution in [3.63, 3.8) is 0 Å². The van der Waals surface area contributed by atoms with Crippen LogP contribution in [0, 0.1) is 6.92 Å². The molecule has 2 aromatic heterocycles. The summed E-state index contributed by atoms with van der Waals surface area (Å²) >= 11 is 3.00. The second-order valence-electron chi connectivity index (χ2n) is 5.76. The first-order chi connectivity index (χ1) is 13.1. The van der Waals surface area contributed by atoms with Crippen molar-refractivity contribution in [2.24, 2.45) is 0 Å². The fourth-order valence-corrected chi connectivity index (χ4v) is 3.75. The van der Waals surface area contributed by atoms with Crippen molar-refractivity contribution >= 4 is 39.8 Å². The van der Waals surface area contributed by atoms with Gasteiger partial charge in [-0.15, -0.1) is 21.5 Å². The van der Waals surface area contributed by atoms with Crippen molar-refractivity contribution in [2.45, 2.75) is 33.3 Å². The number of thiazole rings is 1. The lowest BCUT2D eigenvalue weighted by Crippen LogP contribution is -2.07. The van der Waals surface area contributed by atoms with E-state index in [1.54, 1.807) is 17.4 Å². The second-order valence-corrected chi connectivity index (χ2v) is 7.88. The number of carbonyl (C=O) groups excluding carboxylic acids is 1. The monoisotopic (exact) mass is 400 g/mol. The molecule has 2 heterocycles. The van der Waals surface area contributed by atoms with Crippen LogP contribution in [0.5, 0.6) is 5.75 Å². The fraction of sp³-hybridized carbons (Fsp3) is 0.263. The molecule has 0 aliphatic rings. The Hall–Kier alpha value is -2.58. The minimum absolute atomic E-state index is 0.251. The van der Waals surface area contributed by atoms with Crippen LogP contribution in [-0.4, -0.2) is 21.1 Å². The molecule has 3 aromatic rings. The van der Waals surface area contributed by atoms with Crippen LogP contribution in [0.15, 0.2) is 35.7 Å². The third-order valence-corrected chi connectivity index (χ3v) is 5.26. The molecule has 0 saturated carbocycles. The molecule has 0 saturated heterocycles. The highest BCUT2D eigenvalue weighted by molar-refractivity contribution is 7.15. The van der Waals surface area contributed by atoms with Crippen molar-refractivity contribution in [3.05, 3.63) is 57.0 Å². The number of hydrogen-bond donors (Lipinski definition) is 1. The molecule has 0 atom stereocenters. The number of aromatic nitrogens is 3. The Labute approximate surface area is 166 Å². The normalized spacial score (nSPS) is 11.0. The number of anilines is 1. The number of ether oxygens (including phenoxy) is 1. The van der Waals surface area contributed by atoms with Gasteiger partial charge in [0.1, 0.15) is 17.4 Å². The van der Waals surface area contributed by atoms with E-state index in [0.717, 1.165) is 34.1 Å². The third-order valence-electron chi connectivity index (χ3n) is 3.54. The number of hydrogen-bond acceptors (Lipinski definition) is 7. The smallest absolute Gasteiger partial charge is 0.250 e. The maximum absolute atomic E-state index is 12.1. The molecule has 1 amide bonds. The van der Waals surface area contributed by atoms with E-state index in [1.165, 1.54) is 17.4 Å². The van der Waals surface area contributed by atoms with Crippen molar-refractivity contribution in [1.29, 1.82) is 0 Å². The van der Waals surface area contributed by atoms with Gasteiger partial charge in [-0.05, 0) is 25.5 Å². The van der Waals surface area contributed by atoms with Crippen LogP contribution in [0.3, 0.4) is 0 Å². The summed E-state index contributed by atoms with van der Waals surface area (Å²) in [5.74, 6) is 0.451. The highest BCUT2D eigenvalue weighted by atomic mass is 32.1. The van der Waals surface area contributed by atoms with Crippen LogP contribution in [0.4, 0.5) is 5.13 Å². The van der Waals surface area contributed by atoms with E-state index in [9.17, 15) is 4.79 Å². The molecule has 6 nitrogen and oxygen atoms in total.